The topological polar surface area (TPSA) is 87.2 Å². The van der Waals surface area contributed by atoms with Crippen LogP contribution in [0.3, 0.4) is 0 Å². The molecule has 1 heterocycles. The molecule has 0 aliphatic carbocycles. The van der Waals surface area contributed by atoms with Gasteiger partial charge < -0.3 is 4.90 Å². The summed E-state index contributed by atoms with van der Waals surface area (Å²) in [6, 6.07) is 10.0. The zero-order valence-electron chi connectivity index (χ0n) is 11.4. The predicted molar refractivity (Wildman–Crippen MR) is 80.2 cm³/mol. The highest BCUT2D eigenvalue weighted by molar-refractivity contribution is 7.18. The minimum Gasteiger partial charge on any atom is -0.331 e. The Kier molecular flexibility index (Phi) is 4.00. The number of benzene rings is 1. The first-order valence-corrected chi connectivity index (χ1v) is 6.78. The summed E-state index contributed by atoms with van der Waals surface area (Å²) in [4.78, 5) is 24.0. The highest BCUT2D eigenvalue weighted by Crippen LogP contribution is 2.40. The molecule has 0 radical (unpaired) electrons. The van der Waals surface area contributed by atoms with Gasteiger partial charge in [0.15, 0.2) is 10.8 Å². The van der Waals surface area contributed by atoms with Crippen molar-refractivity contribution < 1.29 is 9.72 Å². The van der Waals surface area contributed by atoms with Gasteiger partial charge in [0.25, 0.3) is 0 Å². The van der Waals surface area contributed by atoms with Crippen molar-refractivity contribution in [1.29, 1.82) is 5.26 Å². The van der Waals surface area contributed by atoms with Gasteiger partial charge in [-0.05, 0) is 25.1 Å². The summed E-state index contributed by atoms with van der Waals surface area (Å²) in [7, 11) is 1.67. The summed E-state index contributed by atoms with van der Waals surface area (Å²) in [5.74, 6) is -0.214. The molecule has 0 atom stereocenters. The molecule has 0 aliphatic rings. The van der Waals surface area contributed by atoms with Crippen molar-refractivity contribution in [3.63, 3.8) is 0 Å². The number of nitro groups is 1. The van der Waals surface area contributed by atoms with Crippen LogP contribution in [0.1, 0.15) is 22.2 Å². The normalized spacial score (nSPS) is 9.95. The van der Waals surface area contributed by atoms with Gasteiger partial charge in [-0.3, -0.25) is 14.9 Å². The SMILES string of the molecule is CC(=O)c1cc([N+](=O)[O-])c(N(C)c2cccc(C#N)c2)s1. The number of thiophene rings is 1. The molecule has 0 aliphatic heterocycles. The lowest BCUT2D eigenvalue weighted by Gasteiger charge is -2.16. The first kappa shape index (κ1) is 14.7. The van der Waals surface area contributed by atoms with E-state index in [4.69, 9.17) is 5.26 Å². The van der Waals surface area contributed by atoms with Gasteiger partial charge in [0.2, 0.25) is 0 Å². The minimum atomic E-state index is -0.511. The molecule has 0 saturated carbocycles. The van der Waals surface area contributed by atoms with Crippen LogP contribution >= 0.6 is 11.3 Å². The van der Waals surface area contributed by atoms with E-state index in [0.29, 0.717) is 21.1 Å². The maximum Gasteiger partial charge on any atom is 0.304 e. The van der Waals surface area contributed by atoms with E-state index in [0.717, 1.165) is 11.3 Å². The fourth-order valence-electron chi connectivity index (χ4n) is 1.82. The Balaban J connectivity index is 2.51. The Morgan fingerprint density at radius 1 is 1.43 bits per heavy atom. The van der Waals surface area contributed by atoms with Crippen LogP contribution in [0.25, 0.3) is 0 Å². The van der Waals surface area contributed by atoms with Crippen LogP contribution in [0.2, 0.25) is 0 Å². The number of Topliss-reactive ketones (excluding diaryl/α,β-unsaturated/α-hetero) is 1. The molecular formula is C14H11N3O3S. The van der Waals surface area contributed by atoms with Gasteiger partial charge in [-0.1, -0.05) is 6.07 Å². The molecule has 0 N–H and O–H groups in total. The van der Waals surface area contributed by atoms with Crippen molar-refractivity contribution in [2.24, 2.45) is 0 Å². The molecule has 1 aromatic carbocycles. The second-order valence-corrected chi connectivity index (χ2v) is 5.37. The van der Waals surface area contributed by atoms with Gasteiger partial charge in [0.1, 0.15) is 0 Å². The predicted octanol–water partition coefficient (Wildman–Crippen LogP) is 3.50. The van der Waals surface area contributed by atoms with Crippen LogP contribution in [0.5, 0.6) is 0 Å². The van der Waals surface area contributed by atoms with Crippen LogP contribution in [0, 0.1) is 21.4 Å². The van der Waals surface area contributed by atoms with E-state index in [1.54, 1.807) is 36.2 Å². The number of carbonyl (C=O) groups excluding carboxylic acids is 1. The summed E-state index contributed by atoms with van der Waals surface area (Å²) >= 11 is 1.06. The van der Waals surface area contributed by atoms with Crippen molar-refractivity contribution in [3.8, 4) is 6.07 Å². The third-order valence-electron chi connectivity index (χ3n) is 2.90. The number of nitrogens with zero attached hydrogens (tertiary/aromatic N) is 3. The zero-order chi connectivity index (χ0) is 15.6. The molecule has 0 amide bonds. The highest BCUT2D eigenvalue weighted by Gasteiger charge is 2.24. The van der Waals surface area contributed by atoms with E-state index in [2.05, 4.69) is 0 Å². The number of carbonyl (C=O) groups is 1. The molecule has 2 aromatic rings. The fourth-order valence-corrected chi connectivity index (χ4v) is 2.82. The lowest BCUT2D eigenvalue weighted by atomic mass is 10.2. The van der Waals surface area contributed by atoms with Crippen LogP contribution in [0.15, 0.2) is 30.3 Å². The summed E-state index contributed by atoms with van der Waals surface area (Å²) in [5.41, 5.74) is 0.995. The van der Waals surface area contributed by atoms with E-state index in [1.165, 1.54) is 13.0 Å². The van der Waals surface area contributed by atoms with E-state index < -0.39 is 4.92 Å². The van der Waals surface area contributed by atoms with Gasteiger partial charge in [-0.2, -0.15) is 5.26 Å². The Morgan fingerprint density at radius 2 is 2.14 bits per heavy atom. The fraction of sp³-hybridized carbons (Fsp3) is 0.143. The second kappa shape index (κ2) is 5.73. The third kappa shape index (κ3) is 2.90. The number of rotatable bonds is 4. The zero-order valence-corrected chi connectivity index (χ0v) is 12.2. The largest absolute Gasteiger partial charge is 0.331 e. The van der Waals surface area contributed by atoms with Crippen LogP contribution in [-0.4, -0.2) is 17.8 Å². The standard InChI is InChI=1S/C14H11N3O3S/c1-9(18)13-7-12(17(19)20)14(21-13)16(2)11-5-3-4-10(6-11)8-15/h3-7H,1-2H3. The van der Waals surface area contributed by atoms with E-state index in [9.17, 15) is 14.9 Å². The quantitative estimate of drug-likeness (QED) is 0.490. The van der Waals surface area contributed by atoms with Crippen molar-refractivity contribution in [3.05, 3.63) is 50.9 Å². The lowest BCUT2D eigenvalue weighted by Crippen LogP contribution is -2.09. The van der Waals surface area contributed by atoms with Crippen LogP contribution in [-0.2, 0) is 0 Å². The maximum absolute atomic E-state index is 11.4. The average Bonchev–Trinajstić information content (AvgIpc) is 2.92. The monoisotopic (exact) mass is 301 g/mol. The molecule has 7 heteroatoms. The van der Waals surface area contributed by atoms with Gasteiger partial charge in [-0.15, -0.1) is 11.3 Å². The summed E-state index contributed by atoms with van der Waals surface area (Å²) in [5, 5.41) is 20.4. The Labute approximate surface area is 125 Å². The Morgan fingerprint density at radius 3 is 2.71 bits per heavy atom. The molecule has 6 nitrogen and oxygen atoms in total. The van der Waals surface area contributed by atoms with E-state index in [1.807, 2.05) is 6.07 Å². The molecule has 1 aromatic heterocycles. The number of nitriles is 1. The van der Waals surface area contributed by atoms with Crippen LogP contribution in [0.4, 0.5) is 16.4 Å². The Hall–Kier alpha value is -2.72. The lowest BCUT2D eigenvalue weighted by molar-refractivity contribution is -0.383. The molecule has 21 heavy (non-hydrogen) atoms. The second-order valence-electron chi connectivity index (χ2n) is 4.34. The molecule has 0 saturated heterocycles. The third-order valence-corrected chi connectivity index (χ3v) is 4.21. The number of hydrogen-bond donors (Lipinski definition) is 0. The Bertz CT molecular complexity index is 761. The number of hydrogen-bond acceptors (Lipinski definition) is 6. The first-order valence-electron chi connectivity index (χ1n) is 5.97. The summed E-state index contributed by atoms with van der Waals surface area (Å²) in [6.07, 6.45) is 0. The van der Waals surface area contributed by atoms with Crippen molar-refractivity contribution in [1.82, 2.24) is 0 Å². The van der Waals surface area contributed by atoms with Crippen LogP contribution < -0.4 is 4.90 Å². The average molecular weight is 301 g/mol. The van der Waals surface area contributed by atoms with Crippen molar-refractivity contribution in [2.45, 2.75) is 6.92 Å². The summed E-state index contributed by atoms with van der Waals surface area (Å²) < 4.78 is 0. The molecular weight excluding hydrogens is 290 g/mol. The molecule has 0 unspecified atom stereocenters. The number of anilines is 2. The maximum atomic E-state index is 11.4. The molecule has 106 valence electrons. The van der Waals surface area contributed by atoms with Crippen molar-refractivity contribution in [2.75, 3.05) is 11.9 Å². The van der Waals surface area contributed by atoms with E-state index >= 15 is 0 Å². The van der Waals surface area contributed by atoms with Crippen molar-refractivity contribution >= 4 is 33.5 Å². The molecule has 2 rings (SSSR count). The first-order chi connectivity index (χ1) is 9.93. The molecule has 0 bridgehead atoms. The highest BCUT2D eigenvalue weighted by atomic mass is 32.1. The van der Waals surface area contributed by atoms with Gasteiger partial charge >= 0.3 is 5.69 Å². The smallest absolute Gasteiger partial charge is 0.304 e. The molecule has 0 spiro atoms. The number of ketones is 1. The van der Waals surface area contributed by atoms with Gasteiger partial charge in [0.05, 0.1) is 21.4 Å². The van der Waals surface area contributed by atoms with Gasteiger partial charge in [-0.25, -0.2) is 0 Å². The summed E-state index contributed by atoms with van der Waals surface area (Å²) in [6.45, 7) is 1.37. The van der Waals surface area contributed by atoms with E-state index in [-0.39, 0.29) is 11.5 Å². The minimum absolute atomic E-state index is 0.116. The molecule has 0 fully saturated rings. The van der Waals surface area contributed by atoms with Gasteiger partial charge in [0, 0.05) is 18.8 Å².